The van der Waals surface area contributed by atoms with Crippen LogP contribution in [0.2, 0.25) is 0 Å². The normalized spacial score (nSPS) is 10.6. The Kier molecular flexibility index (Phi) is 4.90. The van der Waals surface area contributed by atoms with Crippen molar-refractivity contribution in [1.29, 1.82) is 0 Å². The maximum absolute atomic E-state index is 5.57. The van der Waals surface area contributed by atoms with Gasteiger partial charge in [-0.3, -0.25) is 0 Å². The molecule has 2 rings (SSSR count). The first-order valence-corrected chi connectivity index (χ1v) is 7.24. The number of anilines is 1. The van der Waals surface area contributed by atoms with Gasteiger partial charge in [0.2, 0.25) is 5.13 Å². The highest BCUT2D eigenvalue weighted by Crippen LogP contribution is 2.17. The largest absolute Gasteiger partial charge is 0.369 e. The Labute approximate surface area is 109 Å². The van der Waals surface area contributed by atoms with Gasteiger partial charge < -0.3 is 10.1 Å². The maximum atomic E-state index is 5.57. The zero-order valence-corrected chi connectivity index (χ0v) is 11.3. The van der Waals surface area contributed by atoms with Gasteiger partial charge in [-0.05, 0) is 17.9 Å². The third-order valence-corrected chi connectivity index (χ3v) is 3.75. The van der Waals surface area contributed by atoms with Crippen molar-refractivity contribution >= 4 is 27.8 Å². The summed E-state index contributed by atoms with van der Waals surface area (Å²) in [4.78, 5) is 1.24. The van der Waals surface area contributed by atoms with Crippen LogP contribution >= 0.6 is 22.7 Å². The lowest BCUT2D eigenvalue weighted by molar-refractivity contribution is 0.108. The van der Waals surface area contributed by atoms with E-state index in [1.54, 1.807) is 22.7 Å². The number of nitrogens with one attached hydrogen (secondary N) is 1. The number of ether oxygens (including phenoxy) is 1. The van der Waals surface area contributed by atoms with Gasteiger partial charge in [-0.25, -0.2) is 0 Å². The van der Waals surface area contributed by atoms with Crippen molar-refractivity contribution in [3.8, 4) is 0 Å². The average molecular weight is 269 g/mol. The topological polar surface area (TPSA) is 47.0 Å². The summed E-state index contributed by atoms with van der Waals surface area (Å²) in [7, 11) is 0. The Hall–Kier alpha value is -0.980. The number of hydrogen-bond acceptors (Lipinski definition) is 6. The lowest BCUT2D eigenvalue weighted by Crippen LogP contribution is -1.98. The van der Waals surface area contributed by atoms with Gasteiger partial charge in [0.15, 0.2) is 0 Å². The second-order valence-electron chi connectivity index (χ2n) is 3.50. The molecule has 92 valence electrons. The summed E-state index contributed by atoms with van der Waals surface area (Å²) in [5.74, 6) is 0. The van der Waals surface area contributed by atoms with E-state index in [0.29, 0.717) is 13.2 Å². The second-order valence-corrected chi connectivity index (χ2v) is 5.59. The molecule has 2 aromatic rings. The van der Waals surface area contributed by atoms with Crippen LogP contribution < -0.4 is 5.32 Å². The van der Waals surface area contributed by atoms with Gasteiger partial charge in [0, 0.05) is 11.4 Å². The number of nitrogens with zero attached hydrogens (tertiary/aromatic N) is 2. The van der Waals surface area contributed by atoms with Gasteiger partial charge in [0.25, 0.3) is 0 Å². The number of thiophene rings is 1. The quantitative estimate of drug-likeness (QED) is 0.839. The highest BCUT2D eigenvalue weighted by atomic mass is 32.1. The number of rotatable bonds is 7. The van der Waals surface area contributed by atoms with E-state index in [-0.39, 0.29) is 0 Å². The molecule has 0 bridgehead atoms. The Morgan fingerprint density at radius 1 is 1.35 bits per heavy atom. The molecule has 17 heavy (non-hydrogen) atoms. The predicted octanol–water partition coefficient (Wildman–Crippen LogP) is 3.14. The van der Waals surface area contributed by atoms with Crippen LogP contribution in [0.5, 0.6) is 0 Å². The van der Waals surface area contributed by atoms with E-state index < -0.39 is 0 Å². The molecule has 0 aliphatic carbocycles. The van der Waals surface area contributed by atoms with Crippen LogP contribution in [0, 0.1) is 0 Å². The summed E-state index contributed by atoms with van der Waals surface area (Å²) >= 11 is 3.26. The molecule has 0 unspecified atom stereocenters. The molecule has 0 aliphatic heterocycles. The maximum Gasteiger partial charge on any atom is 0.205 e. The highest BCUT2D eigenvalue weighted by Gasteiger charge is 2.03. The number of hydrogen-bond donors (Lipinski definition) is 1. The summed E-state index contributed by atoms with van der Waals surface area (Å²) < 4.78 is 5.57. The highest BCUT2D eigenvalue weighted by molar-refractivity contribution is 7.15. The van der Waals surface area contributed by atoms with Crippen LogP contribution in [-0.2, 0) is 18.0 Å². The van der Waals surface area contributed by atoms with Crippen LogP contribution in [-0.4, -0.2) is 16.7 Å². The zero-order chi connectivity index (χ0) is 11.9. The van der Waals surface area contributed by atoms with Crippen LogP contribution in [0.1, 0.15) is 23.2 Å². The van der Waals surface area contributed by atoms with E-state index in [1.807, 2.05) is 6.07 Å². The minimum Gasteiger partial charge on any atom is -0.369 e. The fourth-order valence-electron chi connectivity index (χ4n) is 1.25. The molecular weight excluding hydrogens is 254 g/mol. The van der Waals surface area contributed by atoms with E-state index in [1.165, 1.54) is 4.88 Å². The van der Waals surface area contributed by atoms with Crippen LogP contribution in [0.25, 0.3) is 0 Å². The van der Waals surface area contributed by atoms with Gasteiger partial charge in [0.1, 0.15) is 11.6 Å². The van der Waals surface area contributed by atoms with Crippen molar-refractivity contribution in [1.82, 2.24) is 10.2 Å². The molecule has 0 saturated carbocycles. The molecule has 1 N–H and O–H groups in total. The van der Waals surface area contributed by atoms with Gasteiger partial charge in [-0.1, -0.05) is 24.3 Å². The SMILES string of the molecule is CCCNc1nnc(COCc2cccs2)s1. The van der Waals surface area contributed by atoms with Crippen LogP contribution in [0.15, 0.2) is 17.5 Å². The summed E-state index contributed by atoms with van der Waals surface area (Å²) in [6, 6.07) is 4.10. The first-order chi connectivity index (χ1) is 8.38. The summed E-state index contributed by atoms with van der Waals surface area (Å²) in [6.07, 6.45) is 1.09. The van der Waals surface area contributed by atoms with Crippen molar-refractivity contribution in [2.24, 2.45) is 0 Å². The van der Waals surface area contributed by atoms with Crippen molar-refractivity contribution in [2.45, 2.75) is 26.6 Å². The lowest BCUT2D eigenvalue weighted by Gasteiger charge is -1.98. The van der Waals surface area contributed by atoms with Crippen molar-refractivity contribution in [3.05, 3.63) is 27.4 Å². The van der Waals surface area contributed by atoms with Gasteiger partial charge in [-0.15, -0.1) is 21.5 Å². The minimum absolute atomic E-state index is 0.531. The Morgan fingerprint density at radius 3 is 3.06 bits per heavy atom. The van der Waals surface area contributed by atoms with E-state index in [2.05, 4.69) is 33.9 Å². The van der Waals surface area contributed by atoms with E-state index in [0.717, 1.165) is 23.1 Å². The standard InChI is InChI=1S/C11H15N3OS2/c1-2-5-12-11-14-13-10(17-11)8-15-7-9-4-3-6-16-9/h3-4,6H,2,5,7-8H2,1H3,(H,12,14). The molecule has 4 nitrogen and oxygen atoms in total. The minimum atomic E-state index is 0.531. The summed E-state index contributed by atoms with van der Waals surface area (Å²) in [6.45, 7) is 4.24. The first kappa shape index (κ1) is 12.5. The molecule has 2 aromatic heterocycles. The fourth-order valence-corrected chi connectivity index (χ4v) is 2.59. The van der Waals surface area contributed by atoms with E-state index in [4.69, 9.17) is 4.74 Å². The van der Waals surface area contributed by atoms with Gasteiger partial charge in [0.05, 0.1) is 6.61 Å². The number of aromatic nitrogens is 2. The molecule has 0 aromatic carbocycles. The third kappa shape index (κ3) is 4.07. The zero-order valence-electron chi connectivity index (χ0n) is 9.68. The van der Waals surface area contributed by atoms with Crippen molar-refractivity contribution in [2.75, 3.05) is 11.9 Å². The molecule has 6 heteroatoms. The first-order valence-electron chi connectivity index (χ1n) is 5.55. The third-order valence-electron chi connectivity index (χ3n) is 2.04. The van der Waals surface area contributed by atoms with Crippen LogP contribution in [0.4, 0.5) is 5.13 Å². The van der Waals surface area contributed by atoms with Gasteiger partial charge in [-0.2, -0.15) is 0 Å². The molecule has 0 fully saturated rings. The van der Waals surface area contributed by atoms with E-state index in [9.17, 15) is 0 Å². The molecule has 0 radical (unpaired) electrons. The molecular formula is C11H15N3OS2. The van der Waals surface area contributed by atoms with Crippen LogP contribution in [0.3, 0.4) is 0 Å². The van der Waals surface area contributed by atoms with Gasteiger partial charge >= 0.3 is 0 Å². The molecule has 0 spiro atoms. The molecule has 0 amide bonds. The average Bonchev–Trinajstić information content (AvgIpc) is 2.98. The smallest absolute Gasteiger partial charge is 0.205 e. The summed E-state index contributed by atoms with van der Waals surface area (Å²) in [5, 5.41) is 15.2. The molecule has 0 aliphatic rings. The predicted molar refractivity (Wildman–Crippen MR) is 71.5 cm³/mol. The molecule has 0 atom stereocenters. The molecule has 0 saturated heterocycles. The van der Waals surface area contributed by atoms with E-state index >= 15 is 0 Å². The van der Waals surface area contributed by atoms with Crippen molar-refractivity contribution in [3.63, 3.8) is 0 Å². The Bertz CT molecular complexity index is 428. The molecule has 2 heterocycles. The Balaban J connectivity index is 1.73. The fraction of sp³-hybridized carbons (Fsp3) is 0.455. The van der Waals surface area contributed by atoms with Crippen molar-refractivity contribution < 1.29 is 4.74 Å². The lowest BCUT2D eigenvalue weighted by atomic mass is 10.5. The Morgan fingerprint density at radius 2 is 2.29 bits per heavy atom. The summed E-state index contributed by atoms with van der Waals surface area (Å²) in [5.41, 5.74) is 0. The monoisotopic (exact) mass is 269 g/mol. The second kappa shape index (κ2) is 6.68.